The van der Waals surface area contributed by atoms with Gasteiger partial charge in [0.05, 0.1) is 6.10 Å². The first-order chi connectivity index (χ1) is 6.31. The van der Waals surface area contributed by atoms with Gasteiger partial charge in [-0.1, -0.05) is 31.2 Å². The Morgan fingerprint density at radius 1 is 1.23 bits per heavy atom. The Morgan fingerprint density at radius 2 is 1.92 bits per heavy atom. The van der Waals surface area contributed by atoms with Gasteiger partial charge in [0.15, 0.2) is 0 Å². The average molecular weight is 176 g/mol. The smallest absolute Gasteiger partial charge is 0.0609 e. The van der Waals surface area contributed by atoms with Crippen LogP contribution in [0, 0.1) is 0 Å². The molecule has 0 bridgehead atoms. The van der Waals surface area contributed by atoms with E-state index in [1.807, 2.05) is 0 Å². The highest BCUT2D eigenvalue weighted by atomic mass is 16.3. The molecule has 1 fully saturated rings. The van der Waals surface area contributed by atoms with E-state index in [1.54, 1.807) is 0 Å². The van der Waals surface area contributed by atoms with Crippen LogP contribution < -0.4 is 0 Å². The lowest BCUT2D eigenvalue weighted by Gasteiger charge is -2.32. The molecule has 1 N–H and O–H groups in total. The third-order valence-corrected chi connectivity index (χ3v) is 3.05. The Bertz CT molecular complexity index is 276. The second-order valence-corrected chi connectivity index (χ2v) is 3.85. The van der Waals surface area contributed by atoms with Crippen LogP contribution in [0.15, 0.2) is 24.3 Å². The summed E-state index contributed by atoms with van der Waals surface area (Å²) in [6, 6.07) is 8.65. The minimum absolute atomic E-state index is 0.0903. The molecule has 0 spiro atoms. The van der Waals surface area contributed by atoms with Crippen molar-refractivity contribution in [3.8, 4) is 0 Å². The van der Waals surface area contributed by atoms with Crippen LogP contribution in [0.4, 0.5) is 0 Å². The third kappa shape index (κ3) is 1.61. The summed E-state index contributed by atoms with van der Waals surface area (Å²) in [5, 5.41) is 9.49. The Labute approximate surface area is 79.4 Å². The molecule has 2 atom stereocenters. The molecule has 0 amide bonds. The molecule has 70 valence electrons. The van der Waals surface area contributed by atoms with Crippen molar-refractivity contribution >= 4 is 0 Å². The second kappa shape index (κ2) is 3.51. The zero-order valence-corrected chi connectivity index (χ0v) is 8.03. The quantitative estimate of drug-likeness (QED) is 0.734. The summed E-state index contributed by atoms with van der Waals surface area (Å²) in [5.74, 6) is 0.408. The molecule has 0 aliphatic heterocycles. The number of aliphatic hydroxyl groups excluding tert-OH is 1. The summed E-state index contributed by atoms with van der Waals surface area (Å²) in [6.45, 7) is 2.16. The number of benzene rings is 1. The van der Waals surface area contributed by atoms with E-state index in [9.17, 15) is 5.11 Å². The molecule has 2 rings (SSSR count). The molecule has 2 unspecified atom stereocenters. The maximum absolute atomic E-state index is 9.49. The van der Waals surface area contributed by atoms with E-state index in [4.69, 9.17) is 0 Å². The van der Waals surface area contributed by atoms with E-state index in [-0.39, 0.29) is 6.10 Å². The van der Waals surface area contributed by atoms with Crippen LogP contribution in [0.2, 0.25) is 0 Å². The summed E-state index contributed by atoms with van der Waals surface area (Å²) < 4.78 is 0. The minimum Gasteiger partial charge on any atom is -0.392 e. The largest absolute Gasteiger partial charge is 0.392 e. The molecule has 0 aromatic heterocycles. The first-order valence-corrected chi connectivity index (χ1v) is 5.08. The van der Waals surface area contributed by atoms with Gasteiger partial charge in [-0.25, -0.2) is 0 Å². The van der Waals surface area contributed by atoms with Crippen LogP contribution in [-0.2, 0) is 6.42 Å². The average Bonchev–Trinajstić information content (AvgIpc) is 2.17. The van der Waals surface area contributed by atoms with E-state index in [1.165, 1.54) is 11.1 Å². The predicted octanol–water partition coefficient (Wildman–Crippen LogP) is 2.49. The standard InChI is InChI=1S/C12H16O/c1-2-9-3-5-10(6-4-9)11-7-8-12(11)13/h3-6,11-13H,2,7-8H2,1H3. The van der Waals surface area contributed by atoms with Gasteiger partial charge in [-0.3, -0.25) is 0 Å². The van der Waals surface area contributed by atoms with Crippen LogP contribution in [-0.4, -0.2) is 11.2 Å². The van der Waals surface area contributed by atoms with Crippen molar-refractivity contribution in [2.24, 2.45) is 0 Å². The molecule has 0 radical (unpaired) electrons. The third-order valence-electron chi connectivity index (χ3n) is 3.05. The SMILES string of the molecule is CCc1ccc(C2CCC2O)cc1. The molecule has 1 aromatic rings. The number of hydrogen-bond acceptors (Lipinski definition) is 1. The highest BCUT2D eigenvalue weighted by molar-refractivity contribution is 5.27. The molecule has 0 heterocycles. The Balaban J connectivity index is 2.13. The minimum atomic E-state index is -0.0903. The van der Waals surface area contributed by atoms with Crippen LogP contribution in [0.1, 0.15) is 36.8 Å². The van der Waals surface area contributed by atoms with E-state index >= 15 is 0 Å². The number of aliphatic hydroxyl groups is 1. The number of hydrogen-bond donors (Lipinski definition) is 1. The number of aryl methyl sites for hydroxylation is 1. The van der Waals surface area contributed by atoms with E-state index < -0.39 is 0 Å². The Morgan fingerprint density at radius 3 is 2.31 bits per heavy atom. The number of rotatable bonds is 2. The van der Waals surface area contributed by atoms with Crippen molar-refractivity contribution in [3.63, 3.8) is 0 Å². The maximum atomic E-state index is 9.49. The van der Waals surface area contributed by atoms with Crippen LogP contribution in [0.5, 0.6) is 0 Å². The van der Waals surface area contributed by atoms with Gasteiger partial charge in [0.2, 0.25) is 0 Å². The van der Waals surface area contributed by atoms with Crippen molar-refractivity contribution in [2.75, 3.05) is 0 Å². The molecule has 1 saturated carbocycles. The van der Waals surface area contributed by atoms with Gasteiger partial charge in [-0.15, -0.1) is 0 Å². The van der Waals surface area contributed by atoms with Gasteiger partial charge >= 0.3 is 0 Å². The molecule has 1 aromatic carbocycles. The van der Waals surface area contributed by atoms with Gasteiger partial charge in [-0.2, -0.15) is 0 Å². The van der Waals surface area contributed by atoms with E-state index in [0.29, 0.717) is 5.92 Å². The van der Waals surface area contributed by atoms with Gasteiger partial charge in [0.1, 0.15) is 0 Å². The molecule has 0 saturated heterocycles. The van der Waals surface area contributed by atoms with Gasteiger partial charge < -0.3 is 5.11 Å². The molecule has 1 aliphatic rings. The summed E-state index contributed by atoms with van der Waals surface area (Å²) in [6.07, 6.45) is 3.12. The molecular weight excluding hydrogens is 160 g/mol. The van der Waals surface area contributed by atoms with Gasteiger partial charge in [0, 0.05) is 5.92 Å². The monoisotopic (exact) mass is 176 g/mol. The normalized spacial score (nSPS) is 26.9. The summed E-state index contributed by atoms with van der Waals surface area (Å²) in [7, 11) is 0. The summed E-state index contributed by atoms with van der Waals surface area (Å²) in [4.78, 5) is 0. The van der Waals surface area contributed by atoms with Crippen molar-refractivity contribution < 1.29 is 5.11 Å². The first-order valence-electron chi connectivity index (χ1n) is 5.08. The summed E-state index contributed by atoms with van der Waals surface area (Å²) in [5.41, 5.74) is 2.67. The lowest BCUT2D eigenvalue weighted by atomic mass is 9.77. The van der Waals surface area contributed by atoms with Crippen molar-refractivity contribution in [3.05, 3.63) is 35.4 Å². The zero-order chi connectivity index (χ0) is 9.26. The van der Waals surface area contributed by atoms with Gasteiger partial charge in [0.25, 0.3) is 0 Å². The lowest BCUT2D eigenvalue weighted by Crippen LogP contribution is -2.28. The molecule has 1 aliphatic carbocycles. The maximum Gasteiger partial charge on any atom is 0.0609 e. The fourth-order valence-corrected chi connectivity index (χ4v) is 1.87. The van der Waals surface area contributed by atoms with Crippen molar-refractivity contribution in [1.82, 2.24) is 0 Å². The lowest BCUT2D eigenvalue weighted by molar-refractivity contribution is 0.0661. The van der Waals surface area contributed by atoms with Crippen molar-refractivity contribution in [1.29, 1.82) is 0 Å². The van der Waals surface area contributed by atoms with E-state index in [0.717, 1.165) is 19.3 Å². The topological polar surface area (TPSA) is 20.2 Å². The summed E-state index contributed by atoms with van der Waals surface area (Å²) >= 11 is 0. The van der Waals surface area contributed by atoms with E-state index in [2.05, 4.69) is 31.2 Å². The molecule has 1 heteroatoms. The Kier molecular flexibility index (Phi) is 2.36. The fraction of sp³-hybridized carbons (Fsp3) is 0.500. The van der Waals surface area contributed by atoms with Gasteiger partial charge in [-0.05, 0) is 30.4 Å². The second-order valence-electron chi connectivity index (χ2n) is 3.85. The highest BCUT2D eigenvalue weighted by Gasteiger charge is 2.29. The van der Waals surface area contributed by atoms with Crippen LogP contribution in [0.3, 0.4) is 0 Å². The van der Waals surface area contributed by atoms with Crippen LogP contribution >= 0.6 is 0 Å². The fourth-order valence-electron chi connectivity index (χ4n) is 1.87. The highest BCUT2D eigenvalue weighted by Crippen LogP contribution is 2.36. The van der Waals surface area contributed by atoms with Crippen LogP contribution in [0.25, 0.3) is 0 Å². The predicted molar refractivity (Wildman–Crippen MR) is 53.8 cm³/mol. The molecule has 1 nitrogen and oxygen atoms in total. The Hall–Kier alpha value is -0.820. The first kappa shape index (κ1) is 8.76. The zero-order valence-electron chi connectivity index (χ0n) is 8.03. The molecular formula is C12H16O. The molecule has 13 heavy (non-hydrogen) atoms. The van der Waals surface area contributed by atoms with Crippen molar-refractivity contribution in [2.45, 2.75) is 38.2 Å².